The number of nitrogens with one attached hydrogen (secondary N) is 1. The van der Waals surface area contributed by atoms with E-state index in [2.05, 4.69) is 12.2 Å². The second kappa shape index (κ2) is 9.00. The molecular formula is C14H24BNO2. The van der Waals surface area contributed by atoms with Crippen LogP contribution in [0.25, 0.3) is 0 Å². The van der Waals surface area contributed by atoms with Crippen molar-refractivity contribution in [2.75, 3.05) is 11.9 Å². The molecule has 18 heavy (non-hydrogen) atoms. The fourth-order valence-electron chi connectivity index (χ4n) is 1.95. The number of hydrogen-bond donors (Lipinski definition) is 3. The van der Waals surface area contributed by atoms with Crippen molar-refractivity contribution in [1.82, 2.24) is 0 Å². The summed E-state index contributed by atoms with van der Waals surface area (Å²) >= 11 is 0. The Morgan fingerprint density at radius 3 is 2.50 bits per heavy atom. The fraction of sp³-hybridized carbons (Fsp3) is 0.571. The van der Waals surface area contributed by atoms with Gasteiger partial charge < -0.3 is 15.4 Å². The van der Waals surface area contributed by atoms with Gasteiger partial charge in [-0.25, -0.2) is 0 Å². The minimum atomic E-state index is -1.39. The average Bonchev–Trinajstić information content (AvgIpc) is 2.38. The average molecular weight is 249 g/mol. The van der Waals surface area contributed by atoms with Gasteiger partial charge in [-0.1, -0.05) is 51.2 Å². The van der Waals surface area contributed by atoms with Crippen LogP contribution in [-0.2, 0) is 0 Å². The topological polar surface area (TPSA) is 52.5 Å². The van der Waals surface area contributed by atoms with Gasteiger partial charge in [-0.2, -0.15) is 0 Å². The minimum Gasteiger partial charge on any atom is -0.423 e. The normalized spacial score (nSPS) is 10.4. The Kier molecular flexibility index (Phi) is 7.54. The Hall–Kier alpha value is -0.995. The maximum Gasteiger partial charge on any atom is 0.488 e. The van der Waals surface area contributed by atoms with Gasteiger partial charge in [-0.3, -0.25) is 0 Å². The zero-order chi connectivity index (χ0) is 13.2. The van der Waals surface area contributed by atoms with E-state index in [0.717, 1.165) is 18.7 Å². The molecule has 0 aliphatic heterocycles. The minimum absolute atomic E-state index is 0.531. The molecule has 0 aromatic heterocycles. The van der Waals surface area contributed by atoms with E-state index in [0.29, 0.717) is 5.46 Å². The molecule has 0 radical (unpaired) electrons. The number of rotatable bonds is 9. The summed E-state index contributed by atoms with van der Waals surface area (Å²) in [5.74, 6) is 0. The van der Waals surface area contributed by atoms with Crippen LogP contribution in [0.5, 0.6) is 0 Å². The summed E-state index contributed by atoms with van der Waals surface area (Å²) in [6, 6.07) is 7.27. The highest BCUT2D eigenvalue weighted by Gasteiger charge is 2.10. The van der Waals surface area contributed by atoms with Gasteiger partial charge in [0.2, 0.25) is 0 Å². The van der Waals surface area contributed by atoms with E-state index >= 15 is 0 Å². The van der Waals surface area contributed by atoms with Crippen LogP contribution in [0.4, 0.5) is 5.69 Å². The van der Waals surface area contributed by atoms with Crippen molar-refractivity contribution in [3.8, 4) is 0 Å². The Morgan fingerprint density at radius 1 is 1.06 bits per heavy atom. The van der Waals surface area contributed by atoms with Gasteiger partial charge in [0.1, 0.15) is 0 Å². The van der Waals surface area contributed by atoms with Crippen LogP contribution in [0.3, 0.4) is 0 Å². The zero-order valence-corrected chi connectivity index (χ0v) is 11.2. The van der Waals surface area contributed by atoms with Gasteiger partial charge in [0.25, 0.3) is 0 Å². The van der Waals surface area contributed by atoms with Crippen LogP contribution in [0.2, 0.25) is 0 Å². The van der Waals surface area contributed by atoms with Gasteiger partial charge in [0, 0.05) is 12.2 Å². The first-order valence-corrected chi connectivity index (χ1v) is 6.94. The molecule has 0 saturated heterocycles. The fourth-order valence-corrected chi connectivity index (χ4v) is 1.95. The molecule has 1 aromatic rings. The van der Waals surface area contributed by atoms with E-state index in [1.807, 2.05) is 12.1 Å². The maximum atomic E-state index is 9.07. The molecule has 0 bridgehead atoms. The Morgan fingerprint density at radius 2 is 1.78 bits per heavy atom. The van der Waals surface area contributed by atoms with Gasteiger partial charge in [0.15, 0.2) is 0 Å². The van der Waals surface area contributed by atoms with Gasteiger partial charge in [-0.15, -0.1) is 0 Å². The molecule has 0 heterocycles. The number of anilines is 1. The highest BCUT2D eigenvalue weighted by Crippen LogP contribution is 2.07. The molecule has 3 nitrogen and oxygen atoms in total. The Balaban J connectivity index is 2.17. The summed E-state index contributed by atoms with van der Waals surface area (Å²) in [6.07, 6.45) is 7.69. The predicted octanol–water partition coefficient (Wildman–Crippen LogP) is 2.14. The highest BCUT2D eigenvalue weighted by molar-refractivity contribution is 6.58. The van der Waals surface area contributed by atoms with E-state index in [1.54, 1.807) is 12.1 Å². The van der Waals surface area contributed by atoms with Crippen LogP contribution in [0.1, 0.15) is 45.4 Å². The third-order valence-electron chi connectivity index (χ3n) is 3.04. The van der Waals surface area contributed by atoms with Crippen LogP contribution in [0, 0.1) is 0 Å². The Bertz CT molecular complexity index is 331. The number of hydrogen-bond acceptors (Lipinski definition) is 3. The number of benzene rings is 1. The first kappa shape index (κ1) is 15.1. The third-order valence-corrected chi connectivity index (χ3v) is 3.04. The molecular weight excluding hydrogens is 225 g/mol. The van der Waals surface area contributed by atoms with E-state index < -0.39 is 7.12 Å². The van der Waals surface area contributed by atoms with Gasteiger partial charge >= 0.3 is 7.12 Å². The summed E-state index contributed by atoms with van der Waals surface area (Å²) in [5, 5.41) is 21.4. The molecule has 0 atom stereocenters. The van der Waals surface area contributed by atoms with Crippen LogP contribution >= 0.6 is 0 Å². The monoisotopic (exact) mass is 249 g/mol. The van der Waals surface area contributed by atoms with Crippen molar-refractivity contribution in [3.63, 3.8) is 0 Å². The molecule has 3 N–H and O–H groups in total. The second-order valence-corrected chi connectivity index (χ2v) is 4.69. The SMILES string of the molecule is CCCCCCCCNc1cccc(B(O)O)c1. The summed E-state index contributed by atoms with van der Waals surface area (Å²) in [6.45, 7) is 3.17. The van der Waals surface area contributed by atoms with Gasteiger partial charge in [-0.05, 0) is 24.0 Å². The smallest absolute Gasteiger partial charge is 0.423 e. The maximum absolute atomic E-state index is 9.07. The highest BCUT2D eigenvalue weighted by atomic mass is 16.4. The van der Waals surface area contributed by atoms with Crippen LogP contribution in [0.15, 0.2) is 24.3 Å². The molecule has 0 aliphatic rings. The van der Waals surface area contributed by atoms with E-state index in [4.69, 9.17) is 10.0 Å². The molecule has 1 aromatic carbocycles. The van der Waals surface area contributed by atoms with Crippen molar-refractivity contribution >= 4 is 18.3 Å². The van der Waals surface area contributed by atoms with E-state index in [9.17, 15) is 0 Å². The van der Waals surface area contributed by atoms with Crippen molar-refractivity contribution in [2.45, 2.75) is 45.4 Å². The molecule has 0 unspecified atom stereocenters. The lowest BCUT2D eigenvalue weighted by molar-refractivity contribution is 0.426. The van der Waals surface area contributed by atoms with Crippen LogP contribution < -0.4 is 10.8 Å². The molecule has 0 aliphatic carbocycles. The molecule has 0 saturated carbocycles. The van der Waals surface area contributed by atoms with Gasteiger partial charge in [0.05, 0.1) is 0 Å². The lowest BCUT2D eigenvalue weighted by atomic mass is 9.80. The zero-order valence-electron chi connectivity index (χ0n) is 11.2. The number of unbranched alkanes of at least 4 members (excludes halogenated alkanes) is 5. The first-order chi connectivity index (χ1) is 8.74. The summed E-state index contributed by atoms with van der Waals surface area (Å²) in [5.41, 5.74) is 1.48. The second-order valence-electron chi connectivity index (χ2n) is 4.69. The molecule has 0 amide bonds. The van der Waals surface area contributed by atoms with Crippen molar-refractivity contribution in [3.05, 3.63) is 24.3 Å². The quantitative estimate of drug-likeness (QED) is 0.464. The lowest BCUT2D eigenvalue weighted by Crippen LogP contribution is -2.29. The third kappa shape index (κ3) is 6.08. The van der Waals surface area contributed by atoms with E-state index in [-0.39, 0.29) is 0 Å². The lowest BCUT2D eigenvalue weighted by Gasteiger charge is -2.08. The summed E-state index contributed by atoms with van der Waals surface area (Å²) in [4.78, 5) is 0. The molecule has 100 valence electrons. The van der Waals surface area contributed by atoms with Crippen LogP contribution in [-0.4, -0.2) is 23.7 Å². The van der Waals surface area contributed by atoms with E-state index in [1.165, 1.54) is 32.1 Å². The van der Waals surface area contributed by atoms with Crippen molar-refractivity contribution in [2.24, 2.45) is 0 Å². The van der Waals surface area contributed by atoms with Crippen molar-refractivity contribution in [1.29, 1.82) is 0 Å². The largest absolute Gasteiger partial charge is 0.488 e. The standard InChI is InChI=1S/C14H24BNO2/c1-2-3-4-5-6-7-11-16-14-10-8-9-13(12-14)15(17)18/h8-10,12,16-18H,2-7,11H2,1H3. The molecule has 4 heteroatoms. The molecule has 0 spiro atoms. The summed E-state index contributed by atoms with van der Waals surface area (Å²) in [7, 11) is -1.39. The molecule has 1 rings (SSSR count). The molecule has 0 fully saturated rings. The Labute approximate surface area is 110 Å². The predicted molar refractivity (Wildman–Crippen MR) is 78.1 cm³/mol. The van der Waals surface area contributed by atoms with Crippen molar-refractivity contribution < 1.29 is 10.0 Å². The first-order valence-electron chi connectivity index (χ1n) is 6.94. The summed E-state index contributed by atoms with van der Waals surface area (Å²) < 4.78 is 0.